The van der Waals surface area contributed by atoms with Crippen LogP contribution in [0, 0.1) is 86.6 Å². The average Bonchev–Trinajstić information content (AvgIpc) is 0.736. The molecule has 141 heavy (non-hydrogen) atoms. The SMILES string of the molecule is CC(=O)C=C(C)O.CC(=O)C=C(C)O.CC(=O)C=C(C)O.CC(=O)C=C(C)O.COc1c[c-]c(-c2cc(-c3c(C)cc(C)cc3C)ccn2)c(OC)c1.COc1ccnc(-c2[c-]cc(-c3c(C)cc(C)cc3C)cc2OC)c1.COc1ccnc(-c2[c-]cc(OC)cc2-c2c(C(F)(F)F)cc(C(F)(F)F)cc2C(F)(F)F)c1.COc1ccnc(-c2[c-]cc(OC)cc2-c2c(C)cc(C)cc2C)c1.[Ir].[Ir].[Ir].[Ir]. The minimum atomic E-state index is -5.57. The van der Waals surface area contributed by atoms with Crippen molar-refractivity contribution < 1.29 is 197 Å². The molecule has 33 heteroatoms. The van der Waals surface area contributed by atoms with Gasteiger partial charge >= 0.3 is 18.5 Å². The van der Waals surface area contributed by atoms with Gasteiger partial charge in [-0.05, 0) is 223 Å². The largest absolute Gasteiger partial charge is 0.540 e. The molecule has 8 aromatic carbocycles. The summed E-state index contributed by atoms with van der Waals surface area (Å²) in [5, 5.41) is 33.5. The van der Waals surface area contributed by atoms with E-state index >= 15 is 0 Å². The predicted octanol–water partition coefficient (Wildman–Crippen LogP) is 26.9. The van der Waals surface area contributed by atoms with Crippen LogP contribution in [0.5, 0.6) is 46.0 Å². The van der Waals surface area contributed by atoms with Gasteiger partial charge in [-0.3, -0.25) is 19.2 Å². The van der Waals surface area contributed by atoms with Gasteiger partial charge in [-0.25, -0.2) is 0 Å². The molecule has 4 aromatic heterocycles. The monoisotopic (exact) mass is 2660 g/mol. The van der Waals surface area contributed by atoms with Crippen LogP contribution in [0.25, 0.3) is 89.5 Å². The quantitative estimate of drug-likeness (QED) is 0.0239. The molecule has 20 nitrogen and oxygen atoms in total. The number of ether oxygens (including phenoxy) is 8. The van der Waals surface area contributed by atoms with Crippen molar-refractivity contribution >= 4 is 23.1 Å². The van der Waals surface area contributed by atoms with Crippen LogP contribution >= 0.6 is 0 Å². The van der Waals surface area contributed by atoms with Gasteiger partial charge in [0.2, 0.25) is 0 Å². The van der Waals surface area contributed by atoms with Crippen molar-refractivity contribution in [2.24, 2.45) is 0 Å². The van der Waals surface area contributed by atoms with Gasteiger partial charge in [-0.1, -0.05) is 145 Å². The number of carbonyl (C=O) groups is 4. The Morgan fingerprint density at radius 3 is 0.837 bits per heavy atom. The molecule has 762 valence electrons. The molecule has 0 saturated heterocycles. The van der Waals surface area contributed by atoms with Crippen molar-refractivity contribution in [1.82, 2.24) is 19.9 Å². The third-order valence-electron chi connectivity index (χ3n) is 19.3. The fourth-order valence-electron chi connectivity index (χ4n) is 14.3. The van der Waals surface area contributed by atoms with Crippen LogP contribution in [0.3, 0.4) is 0 Å². The molecule has 0 aliphatic rings. The van der Waals surface area contributed by atoms with Crippen LogP contribution in [-0.2, 0) is 118 Å². The van der Waals surface area contributed by atoms with E-state index in [0.717, 1.165) is 92.7 Å². The van der Waals surface area contributed by atoms with Crippen molar-refractivity contribution in [3.8, 4) is 136 Å². The summed E-state index contributed by atoms with van der Waals surface area (Å²) in [4.78, 5) is 57.5. The Kier molecular flexibility index (Phi) is 53.3. The number of carbonyl (C=O) groups excluding carboxylic acids is 4. The number of aryl methyl sites for hydroxylation is 9. The van der Waals surface area contributed by atoms with Gasteiger partial charge in [-0.15, -0.1) is 59.7 Å². The summed E-state index contributed by atoms with van der Waals surface area (Å²) in [5.74, 6) is 4.22. The van der Waals surface area contributed by atoms with E-state index in [0.29, 0.717) is 11.5 Å². The molecular weight excluding hydrogens is 2550 g/mol. The molecule has 0 unspecified atom stereocenters. The Balaban J connectivity index is 0.000000856. The number of hydrogen-bond acceptors (Lipinski definition) is 20. The summed E-state index contributed by atoms with van der Waals surface area (Å²) in [7, 11) is 12.3. The number of allylic oxidation sites excluding steroid dienone is 8. The number of hydrogen-bond donors (Lipinski definition) is 4. The second-order valence-corrected chi connectivity index (χ2v) is 31.0. The first-order valence-corrected chi connectivity index (χ1v) is 41.8. The van der Waals surface area contributed by atoms with E-state index in [4.69, 9.17) is 58.3 Å². The Bertz CT molecular complexity index is 6150. The standard InChI is InChI=1S/C22H13F9NO2.3C22H22NO2.4C5H8O2.4Ir/c1-33-12-3-4-14(18-10-13(34-2)5-6-32-18)15(9-12)19-16(21(26,27)28)7-11(20(23,24)25)8-17(19)22(29,30)31;1-14-10-15(2)22(16(3)11-14)17-8-9-23-20(12-17)19-7-6-18(24-4)13-21(19)25-5;1-14-10-15(2)22(16(3)11-14)17-6-7-19(21(12-17)25-5)20-13-18(24-4)8-9-23-20;1-14-10-15(2)22(16(3)11-14)20-12-17(24-4)6-7-19(20)21-13-18(25-5)8-9-23-21;4*1-4(6)3-5(2)7;;;;/h3,5-10H,1-2H3;3*6,8-13H,1-5H3;4*3,6H,1-2H3;;;;/q4*-1;;;;;;;;. The minimum Gasteiger partial charge on any atom is -0.540 e. The molecule has 0 spiro atoms. The van der Waals surface area contributed by atoms with Crippen molar-refractivity contribution in [3.63, 3.8) is 0 Å². The number of alkyl halides is 9. The zero-order valence-electron chi connectivity index (χ0n) is 82.2. The van der Waals surface area contributed by atoms with Gasteiger partial charge in [0.25, 0.3) is 0 Å². The summed E-state index contributed by atoms with van der Waals surface area (Å²) in [5.41, 5.74) is 14.2. The summed E-state index contributed by atoms with van der Waals surface area (Å²) >= 11 is 0. The topological polar surface area (TPSA) is 275 Å². The van der Waals surface area contributed by atoms with Gasteiger partial charge in [0.1, 0.15) is 17.2 Å². The second-order valence-electron chi connectivity index (χ2n) is 31.0. The third-order valence-corrected chi connectivity index (χ3v) is 19.3. The van der Waals surface area contributed by atoms with Crippen LogP contribution in [0.2, 0.25) is 0 Å². The van der Waals surface area contributed by atoms with Crippen molar-refractivity contribution in [1.29, 1.82) is 0 Å². The maximum absolute atomic E-state index is 13.9. The minimum absolute atomic E-state index is 0. The number of halogens is 9. The third kappa shape index (κ3) is 39.5. The maximum Gasteiger partial charge on any atom is 0.416 e. The molecule has 0 aliphatic heterocycles. The first kappa shape index (κ1) is 127. The van der Waals surface area contributed by atoms with Gasteiger partial charge < -0.3 is 78.3 Å². The molecular formula is C108H111F9Ir4N4O16-4. The molecule has 0 bridgehead atoms. The van der Waals surface area contributed by atoms with E-state index in [2.05, 4.69) is 161 Å². The molecule has 0 amide bonds. The predicted molar refractivity (Wildman–Crippen MR) is 514 cm³/mol. The molecule has 0 saturated carbocycles. The Morgan fingerprint density at radius 2 is 0.553 bits per heavy atom. The van der Waals surface area contributed by atoms with Crippen LogP contribution in [0.15, 0.2) is 218 Å². The molecule has 4 radical (unpaired) electrons. The first-order chi connectivity index (χ1) is 64.3. The van der Waals surface area contributed by atoms with Crippen LogP contribution < -0.4 is 37.9 Å². The van der Waals surface area contributed by atoms with E-state index in [9.17, 15) is 58.7 Å². The molecule has 4 heterocycles. The molecule has 12 rings (SSSR count). The van der Waals surface area contributed by atoms with Gasteiger partial charge in [0.15, 0.2) is 23.1 Å². The average molecular weight is 2660 g/mol. The fourth-order valence-corrected chi connectivity index (χ4v) is 14.3. The summed E-state index contributed by atoms with van der Waals surface area (Å²) in [6, 6.07) is 52.8. The summed E-state index contributed by atoms with van der Waals surface area (Å²) in [6.07, 6.45) is -5.43. The van der Waals surface area contributed by atoms with Crippen molar-refractivity contribution in [3.05, 3.63) is 309 Å². The number of pyridine rings is 4. The molecule has 0 aliphatic carbocycles. The zero-order chi connectivity index (χ0) is 103. The normalized spacial score (nSPS) is 10.9. The van der Waals surface area contributed by atoms with Crippen molar-refractivity contribution in [2.75, 3.05) is 56.9 Å². The second kappa shape index (κ2) is 59.3. The van der Waals surface area contributed by atoms with Crippen molar-refractivity contribution in [2.45, 2.75) is 136 Å². The number of aromatic nitrogens is 4. The Hall–Kier alpha value is -12.4. The first-order valence-electron chi connectivity index (χ1n) is 41.8. The molecule has 4 N–H and O–H groups in total. The van der Waals surface area contributed by atoms with E-state index in [1.807, 2.05) is 54.7 Å². The number of benzene rings is 8. The van der Waals surface area contributed by atoms with Crippen LogP contribution in [0.4, 0.5) is 39.5 Å². The smallest absolute Gasteiger partial charge is 0.416 e. The van der Waals surface area contributed by atoms with E-state index in [-0.39, 0.29) is 161 Å². The Labute approximate surface area is 871 Å². The molecule has 0 atom stereocenters. The van der Waals surface area contributed by atoms with Gasteiger partial charge in [0.05, 0.1) is 96.6 Å². The molecule has 0 fully saturated rings. The number of rotatable bonds is 20. The number of ketones is 4. The van der Waals surface area contributed by atoms with E-state index in [1.54, 1.807) is 61.1 Å². The van der Waals surface area contributed by atoms with Gasteiger partial charge in [-0.2, -0.15) is 39.5 Å². The van der Waals surface area contributed by atoms with E-state index < -0.39 is 46.3 Å². The fraction of sp³-hybridized carbons (Fsp3) is 0.259. The number of aliphatic hydroxyl groups is 4. The van der Waals surface area contributed by atoms with Crippen LogP contribution in [0.1, 0.15) is 122 Å². The van der Waals surface area contributed by atoms with E-state index in [1.165, 1.54) is 172 Å². The maximum atomic E-state index is 13.9. The number of methoxy groups -OCH3 is 8. The summed E-state index contributed by atoms with van der Waals surface area (Å²) in [6.45, 7) is 30.6. The number of aliphatic hydroxyl groups excluding tert-OH is 4. The van der Waals surface area contributed by atoms with Gasteiger partial charge in [0, 0.05) is 158 Å². The molecule has 12 aromatic rings. The van der Waals surface area contributed by atoms with Crippen LogP contribution in [-0.4, -0.2) is 120 Å². The number of nitrogens with zero attached hydrogens (tertiary/aromatic N) is 4. The Morgan fingerprint density at radius 1 is 0.291 bits per heavy atom. The summed E-state index contributed by atoms with van der Waals surface area (Å²) < 4.78 is 165. The zero-order valence-corrected chi connectivity index (χ0v) is 91.8.